The van der Waals surface area contributed by atoms with Gasteiger partial charge in [-0.15, -0.1) is 0 Å². The molecule has 0 aliphatic carbocycles. The molecule has 0 aliphatic heterocycles. The summed E-state index contributed by atoms with van der Waals surface area (Å²) < 4.78 is 51.9. The van der Waals surface area contributed by atoms with Crippen molar-refractivity contribution in [1.29, 1.82) is 0 Å². The number of hydrogen-bond acceptors (Lipinski definition) is 1. The number of benzene rings is 1. The lowest BCUT2D eigenvalue weighted by molar-refractivity contribution is -0.138. The van der Waals surface area contributed by atoms with Gasteiger partial charge < -0.3 is 9.67 Å². The molecule has 1 aromatic heterocycles. The molecule has 0 atom stereocenters. The van der Waals surface area contributed by atoms with Gasteiger partial charge >= 0.3 is 12.1 Å². The summed E-state index contributed by atoms with van der Waals surface area (Å²) in [7, 11) is 0. The largest absolute Gasteiger partial charge is 0.478 e. The molecule has 0 aliphatic rings. The Morgan fingerprint density at radius 3 is 2.20 bits per heavy atom. The second-order valence-electron chi connectivity index (χ2n) is 4.19. The van der Waals surface area contributed by atoms with Crippen molar-refractivity contribution in [2.45, 2.75) is 12.7 Å². The predicted octanol–water partition coefficient (Wildman–Crippen LogP) is 3.39. The summed E-state index contributed by atoms with van der Waals surface area (Å²) in [6, 6.07) is 5.20. The van der Waals surface area contributed by atoms with Crippen LogP contribution in [0.1, 0.15) is 21.5 Å². The van der Waals surface area contributed by atoms with Crippen LogP contribution in [0.3, 0.4) is 0 Å². The van der Waals surface area contributed by atoms with Gasteiger partial charge in [0.1, 0.15) is 5.82 Å². The van der Waals surface area contributed by atoms with Crippen molar-refractivity contribution < 1.29 is 27.5 Å². The van der Waals surface area contributed by atoms with Crippen molar-refractivity contribution in [2.24, 2.45) is 0 Å². The molecule has 0 spiro atoms. The van der Waals surface area contributed by atoms with E-state index in [0.717, 1.165) is 17.0 Å². The molecule has 1 aromatic carbocycles. The van der Waals surface area contributed by atoms with Crippen LogP contribution < -0.4 is 0 Å². The van der Waals surface area contributed by atoms with Gasteiger partial charge in [0.15, 0.2) is 0 Å². The van der Waals surface area contributed by atoms with Crippen LogP contribution in [0.5, 0.6) is 0 Å². The summed E-state index contributed by atoms with van der Waals surface area (Å²) in [5.41, 5.74) is -1.45. The van der Waals surface area contributed by atoms with Gasteiger partial charge in [0.2, 0.25) is 0 Å². The van der Waals surface area contributed by atoms with Crippen LogP contribution in [0.15, 0.2) is 36.7 Å². The first-order valence-corrected chi connectivity index (χ1v) is 5.52. The van der Waals surface area contributed by atoms with E-state index in [0.29, 0.717) is 5.56 Å². The van der Waals surface area contributed by atoms with Crippen molar-refractivity contribution in [3.8, 4) is 0 Å². The van der Waals surface area contributed by atoms with Crippen LogP contribution in [0.2, 0.25) is 0 Å². The van der Waals surface area contributed by atoms with Crippen LogP contribution >= 0.6 is 0 Å². The van der Waals surface area contributed by atoms with E-state index in [1.807, 2.05) is 0 Å². The fourth-order valence-corrected chi connectivity index (χ4v) is 1.80. The first kappa shape index (κ1) is 14.1. The average molecular weight is 287 g/mol. The molecule has 0 unspecified atom stereocenters. The number of carboxylic acid groups (broad SMARTS) is 1. The molecule has 0 saturated heterocycles. The van der Waals surface area contributed by atoms with E-state index in [1.165, 1.54) is 24.3 Å². The third-order valence-electron chi connectivity index (χ3n) is 2.69. The second-order valence-corrected chi connectivity index (χ2v) is 4.19. The van der Waals surface area contributed by atoms with E-state index in [1.54, 1.807) is 0 Å². The van der Waals surface area contributed by atoms with Gasteiger partial charge in [-0.25, -0.2) is 9.18 Å². The van der Waals surface area contributed by atoms with Gasteiger partial charge in [-0.2, -0.15) is 13.2 Å². The second kappa shape index (κ2) is 4.99. The number of hydrogen-bond donors (Lipinski definition) is 1. The monoisotopic (exact) mass is 287 g/mol. The van der Waals surface area contributed by atoms with Gasteiger partial charge in [-0.05, 0) is 17.7 Å². The minimum absolute atomic E-state index is 0.0244. The molecule has 3 nitrogen and oxygen atoms in total. The number of rotatable bonds is 3. The minimum Gasteiger partial charge on any atom is -0.478 e. The fourth-order valence-electron chi connectivity index (χ4n) is 1.80. The van der Waals surface area contributed by atoms with Crippen LogP contribution in [0, 0.1) is 5.82 Å². The van der Waals surface area contributed by atoms with Crippen LogP contribution in [0.4, 0.5) is 17.6 Å². The van der Waals surface area contributed by atoms with Crippen molar-refractivity contribution in [2.75, 3.05) is 0 Å². The normalized spacial score (nSPS) is 11.6. The third-order valence-corrected chi connectivity index (χ3v) is 2.69. The average Bonchev–Trinajstić information content (AvgIpc) is 2.76. The zero-order chi connectivity index (χ0) is 14.9. The lowest BCUT2D eigenvalue weighted by Gasteiger charge is -2.05. The molecule has 106 valence electrons. The Balaban J connectivity index is 2.34. The Morgan fingerprint density at radius 1 is 1.15 bits per heavy atom. The molecule has 7 heteroatoms. The lowest BCUT2D eigenvalue weighted by Crippen LogP contribution is -2.09. The highest BCUT2D eigenvalue weighted by Crippen LogP contribution is 2.32. The Morgan fingerprint density at radius 2 is 1.75 bits per heavy atom. The smallest absolute Gasteiger partial charge is 0.418 e. The number of carbonyl (C=O) groups is 1. The molecule has 0 saturated carbocycles. The topological polar surface area (TPSA) is 42.2 Å². The first-order valence-electron chi connectivity index (χ1n) is 5.52. The van der Waals surface area contributed by atoms with Gasteiger partial charge in [0.05, 0.1) is 11.1 Å². The van der Waals surface area contributed by atoms with Crippen molar-refractivity contribution in [1.82, 2.24) is 4.57 Å². The van der Waals surface area contributed by atoms with Gasteiger partial charge in [-0.3, -0.25) is 0 Å². The number of alkyl halides is 3. The Bertz CT molecular complexity index is 629. The molecular weight excluding hydrogens is 278 g/mol. The molecule has 2 rings (SSSR count). The van der Waals surface area contributed by atoms with Crippen LogP contribution in [-0.2, 0) is 12.7 Å². The zero-order valence-corrected chi connectivity index (χ0v) is 9.99. The Kier molecular flexibility index (Phi) is 3.52. The van der Waals surface area contributed by atoms with Crippen molar-refractivity contribution in [3.63, 3.8) is 0 Å². The number of nitrogens with zero attached hydrogens (tertiary/aromatic N) is 1. The number of aromatic carboxylic acids is 1. The Labute approximate surface area is 111 Å². The summed E-state index contributed by atoms with van der Waals surface area (Å²) in [4.78, 5) is 10.8. The fraction of sp³-hybridized carbons (Fsp3) is 0.154. The van der Waals surface area contributed by atoms with E-state index >= 15 is 0 Å². The molecule has 0 bridgehead atoms. The molecule has 1 N–H and O–H groups in total. The lowest BCUT2D eigenvalue weighted by atomic mass is 10.2. The van der Waals surface area contributed by atoms with Gasteiger partial charge in [0, 0.05) is 18.9 Å². The third kappa shape index (κ3) is 2.98. The van der Waals surface area contributed by atoms with Crippen LogP contribution in [-0.4, -0.2) is 15.6 Å². The van der Waals surface area contributed by atoms with Gasteiger partial charge in [0.25, 0.3) is 0 Å². The van der Waals surface area contributed by atoms with Crippen molar-refractivity contribution in [3.05, 3.63) is 59.2 Å². The van der Waals surface area contributed by atoms with Crippen LogP contribution in [0.25, 0.3) is 0 Å². The maximum Gasteiger partial charge on any atom is 0.418 e. The minimum atomic E-state index is -4.73. The first-order chi connectivity index (χ1) is 9.27. The molecule has 0 radical (unpaired) electrons. The highest BCUT2D eigenvalue weighted by Gasteiger charge is 2.36. The number of halogens is 4. The zero-order valence-electron chi connectivity index (χ0n) is 9.99. The molecule has 20 heavy (non-hydrogen) atoms. The van der Waals surface area contributed by atoms with E-state index in [-0.39, 0.29) is 6.54 Å². The molecular formula is C13H9F4NO2. The number of carboxylic acids is 1. The summed E-state index contributed by atoms with van der Waals surface area (Å²) in [5.74, 6) is -2.10. The molecule has 1 heterocycles. The van der Waals surface area contributed by atoms with E-state index in [4.69, 9.17) is 5.11 Å². The van der Waals surface area contributed by atoms with Crippen molar-refractivity contribution >= 4 is 5.97 Å². The standard InChI is InChI=1S/C13H9F4NO2/c14-9-3-1-8(2-4-9)5-18-6-10(12(19)20)11(7-18)13(15,16)17/h1-4,6-7H,5H2,(H,19,20). The number of aromatic nitrogens is 1. The quantitative estimate of drug-likeness (QED) is 0.879. The molecule has 0 fully saturated rings. The maximum absolute atomic E-state index is 12.7. The van der Waals surface area contributed by atoms with E-state index in [2.05, 4.69) is 0 Å². The molecule has 0 amide bonds. The summed E-state index contributed by atoms with van der Waals surface area (Å²) in [5, 5.41) is 8.78. The van der Waals surface area contributed by atoms with E-state index in [9.17, 15) is 22.4 Å². The maximum atomic E-state index is 12.7. The predicted molar refractivity (Wildman–Crippen MR) is 61.9 cm³/mol. The highest BCUT2D eigenvalue weighted by atomic mass is 19.4. The van der Waals surface area contributed by atoms with Gasteiger partial charge in [-0.1, -0.05) is 12.1 Å². The van der Waals surface area contributed by atoms with E-state index < -0.39 is 29.1 Å². The molecule has 2 aromatic rings. The highest BCUT2D eigenvalue weighted by molar-refractivity contribution is 5.89. The summed E-state index contributed by atoms with van der Waals surface area (Å²) in [6.45, 7) is 0.0244. The summed E-state index contributed by atoms with van der Waals surface area (Å²) in [6.07, 6.45) is -3.09. The summed E-state index contributed by atoms with van der Waals surface area (Å²) >= 11 is 0. The Hall–Kier alpha value is -2.31. The SMILES string of the molecule is O=C(O)c1cn(Cc2ccc(F)cc2)cc1C(F)(F)F.